The zero-order valence-corrected chi connectivity index (χ0v) is 13.1. The van der Waals surface area contributed by atoms with E-state index in [9.17, 15) is 4.79 Å². The number of anilines is 1. The highest BCUT2D eigenvalue weighted by Gasteiger charge is 2.18. The van der Waals surface area contributed by atoms with Gasteiger partial charge in [0.15, 0.2) is 5.69 Å². The highest BCUT2D eigenvalue weighted by molar-refractivity contribution is 5.92. The van der Waals surface area contributed by atoms with Gasteiger partial charge < -0.3 is 10.6 Å². The second kappa shape index (κ2) is 7.96. The van der Waals surface area contributed by atoms with Gasteiger partial charge in [0.1, 0.15) is 5.82 Å². The third-order valence-electron chi connectivity index (χ3n) is 4.14. The molecule has 21 heavy (non-hydrogen) atoms. The van der Waals surface area contributed by atoms with Crippen molar-refractivity contribution in [3.05, 3.63) is 17.8 Å². The fourth-order valence-corrected chi connectivity index (χ4v) is 3.03. The Morgan fingerprint density at radius 2 is 2.19 bits per heavy atom. The molecule has 2 rings (SSSR count). The molecule has 2 N–H and O–H groups in total. The van der Waals surface area contributed by atoms with Crippen molar-refractivity contribution in [3.8, 4) is 0 Å². The van der Waals surface area contributed by atoms with Gasteiger partial charge in [0.05, 0.1) is 0 Å². The van der Waals surface area contributed by atoms with Crippen LogP contribution in [0.25, 0.3) is 0 Å². The van der Waals surface area contributed by atoms with Crippen LogP contribution in [-0.2, 0) is 0 Å². The largest absolute Gasteiger partial charge is 0.369 e. The van der Waals surface area contributed by atoms with E-state index in [1.165, 1.54) is 32.1 Å². The summed E-state index contributed by atoms with van der Waals surface area (Å²) in [5, 5.41) is 14.0. The van der Waals surface area contributed by atoms with E-state index in [1.807, 2.05) is 13.0 Å². The monoisotopic (exact) mass is 290 g/mol. The number of hydrogen-bond acceptors (Lipinski definition) is 4. The van der Waals surface area contributed by atoms with Crippen LogP contribution in [0.1, 0.15) is 56.4 Å². The molecule has 1 heterocycles. The number of nitrogens with zero attached hydrogens (tertiary/aromatic N) is 2. The minimum atomic E-state index is -0.173. The summed E-state index contributed by atoms with van der Waals surface area (Å²) in [5.41, 5.74) is 0.364. The molecule has 2 unspecified atom stereocenters. The molecule has 1 amide bonds. The number of rotatable bonds is 6. The van der Waals surface area contributed by atoms with Gasteiger partial charge in [-0.2, -0.15) is 0 Å². The second-order valence-electron chi connectivity index (χ2n) is 6.02. The van der Waals surface area contributed by atoms with Crippen LogP contribution in [0.4, 0.5) is 5.82 Å². The average Bonchev–Trinajstić information content (AvgIpc) is 2.48. The van der Waals surface area contributed by atoms with Gasteiger partial charge >= 0.3 is 0 Å². The normalized spacial score (nSPS) is 21.8. The van der Waals surface area contributed by atoms with Crippen molar-refractivity contribution in [1.29, 1.82) is 0 Å². The van der Waals surface area contributed by atoms with E-state index in [1.54, 1.807) is 6.07 Å². The minimum Gasteiger partial charge on any atom is -0.369 e. The maximum absolute atomic E-state index is 11.6. The molecule has 0 aromatic carbocycles. The van der Waals surface area contributed by atoms with Gasteiger partial charge in [-0.25, -0.2) is 0 Å². The third kappa shape index (κ3) is 4.99. The molecule has 116 valence electrons. The van der Waals surface area contributed by atoms with Gasteiger partial charge in [0, 0.05) is 13.1 Å². The van der Waals surface area contributed by atoms with Gasteiger partial charge in [-0.05, 0) is 43.7 Å². The topological polar surface area (TPSA) is 66.9 Å². The molecule has 1 fully saturated rings. The quantitative estimate of drug-likeness (QED) is 0.845. The Labute approximate surface area is 126 Å². The van der Waals surface area contributed by atoms with Crippen molar-refractivity contribution in [1.82, 2.24) is 15.5 Å². The van der Waals surface area contributed by atoms with Gasteiger partial charge in [0.2, 0.25) is 0 Å². The average molecular weight is 290 g/mol. The summed E-state index contributed by atoms with van der Waals surface area (Å²) in [5.74, 6) is 2.28. The molecule has 0 saturated heterocycles. The lowest BCUT2D eigenvalue weighted by molar-refractivity contribution is 0.0950. The lowest BCUT2D eigenvalue weighted by Crippen LogP contribution is -2.24. The van der Waals surface area contributed by atoms with Gasteiger partial charge in [0.25, 0.3) is 5.91 Å². The van der Waals surface area contributed by atoms with E-state index in [-0.39, 0.29) is 5.91 Å². The van der Waals surface area contributed by atoms with Crippen LogP contribution in [0, 0.1) is 11.8 Å². The fraction of sp³-hybridized carbons (Fsp3) is 0.688. The van der Waals surface area contributed by atoms with Gasteiger partial charge in [-0.15, -0.1) is 10.2 Å². The second-order valence-corrected chi connectivity index (χ2v) is 6.02. The zero-order valence-electron chi connectivity index (χ0n) is 13.1. The SMILES string of the molecule is CCNC(=O)c1ccc(NCCC2CCCC(C)C2)nn1. The highest BCUT2D eigenvalue weighted by atomic mass is 16.1. The predicted octanol–water partition coefficient (Wildman–Crippen LogP) is 2.85. The molecule has 0 spiro atoms. The maximum Gasteiger partial charge on any atom is 0.271 e. The summed E-state index contributed by atoms with van der Waals surface area (Å²) < 4.78 is 0. The Kier molecular flexibility index (Phi) is 5.96. The van der Waals surface area contributed by atoms with Crippen molar-refractivity contribution in [2.75, 3.05) is 18.4 Å². The number of aromatic nitrogens is 2. The maximum atomic E-state index is 11.6. The van der Waals surface area contributed by atoms with Crippen LogP contribution < -0.4 is 10.6 Å². The Morgan fingerprint density at radius 3 is 2.86 bits per heavy atom. The Bertz CT molecular complexity index is 446. The molecule has 5 heteroatoms. The fourth-order valence-electron chi connectivity index (χ4n) is 3.03. The van der Waals surface area contributed by atoms with E-state index >= 15 is 0 Å². The smallest absolute Gasteiger partial charge is 0.271 e. The molecule has 0 aliphatic heterocycles. The summed E-state index contributed by atoms with van der Waals surface area (Å²) in [6.07, 6.45) is 6.64. The molecule has 1 aliphatic rings. The van der Waals surface area contributed by atoms with E-state index in [4.69, 9.17) is 0 Å². The van der Waals surface area contributed by atoms with Gasteiger partial charge in [-0.3, -0.25) is 4.79 Å². The van der Waals surface area contributed by atoms with Crippen LogP contribution in [-0.4, -0.2) is 29.2 Å². The molecule has 1 aromatic rings. The first-order valence-electron chi connectivity index (χ1n) is 8.04. The summed E-state index contributed by atoms with van der Waals surface area (Å²) in [6.45, 7) is 5.76. The van der Waals surface area contributed by atoms with Crippen LogP contribution >= 0.6 is 0 Å². The summed E-state index contributed by atoms with van der Waals surface area (Å²) in [4.78, 5) is 11.6. The number of carbonyl (C=O) groups is 1. The first kappa shape index (κ1) is 15.7. The van der Waals surface area contributed by atoms with Crippen molar-refractivity contribution < 1.29 is 4.79 Å². The molecular formula is C16H26N4O. The van der Waals surface area contributed by atoms with E-state index in [2.05, 4.69) is 27.8 Å². The van der Waals surface area contributed by atoms with E-state index < -0.39 is 0 Å². The molecule has 1 aromatic heterocycles. The summed E-state index contributed by atoms with van der Waals surface area (Å²) >= 11 is 0. The van der Waals surface area contributed by atoms with E-state index in [0.29, 0.717) is 12.2 Å². The molecular weight excluding hydrogens is 264 g/mol. The highest BCUT2D eigenvalue weighted by Crippen LogP contribution is 2.30. The Balaban J connectivity index is 1.74. The summed E-state index contributed by atoms with van der Waals surface area (Å²) in [6, 6.07) is 3.53. The first-order valence-corrected chi connectivity index (χ1v) is 8.04. The van der Waals surface area contributed by atoms with Crippen LogP contribution in [0.3, 0.4) is 0 Å². The molecule has 5 nitrogen and oxygen atoms in total. The van der Waals surface area contributed by atoms with Crippen molar-refractivity contribution in [2.45, 2.75) is 46.0 Å². The van der Waals surface area contributed by atoms with E-state index in [0.717, 1.165) is 24.2 Å². The zero-order chi connectivity index (χ0) is 15.1. The molecule has 1 aliphatic carbocycles. The summed E-state index contributed by atoms with van der Waals surface area (Å²) in [7, 11) is 0. The van der Waals surface area contributed by atoms with Crippen LogP contribution in [0.2, 0.25) is 0 Å². The molecule has 0 radical (unpaired) electrons. The predicted molar refractivity (Wildman–Crippen MR) is 84.3 cm³/mol. The molecule has 2 atom stereocenters. The Morgan fingerprint density at radius 1 is 1.33 bits per heavy atom. The number of amides is 1. The number of nitrogens with one attached hydrogen (secondary N) is 2. The van der Waals surface area contributed by atoms with Crippen molar-refractivity contribution in [2.24, 2.45) is 11.8 Å². The van der Waals surface area contributed by atoms with Gasteiger partial charge in [-0.1, -0.05) is 26.2 Å². The Hall–Kier alpha value is -1.65. The van der Waals surface area contributed by atoms with Crippen molar-refractivity contribution in [3.63, 3.8) is 0 Å². The number of carbonyl (C=O) groups excluding carboxylic acids is 1. The lowest BCUT2D eigenvalue weighted by atomic mass is 9.81. The van der Waals surface area contributed by atoms with Crippen molar-refractivity contribution >= 4 is 11.7 Å². The number of hydrogen-bond donors (Lipinski definition) is 2. The standard InChI is InChI=1S/C16H26N4O/c1-3-17-16(21)14-7-8-15(20-19-14)18-10-9-13-6-4-5-12(2)11-13/h7-8,12-13H,3-6,9-11H2,1-2H3,(H,17,21)(H,18,20). The first-order chi connectivity index (χ1) is 10.2. The van der Waals surface area contributed by atoms with Crippen LogP contribution in [0.15, 0.2) is 12.1 Å². The van der Waals surface area contributed by atoms with Crippen LogP contribution in [0.5, 0.6) is 0 Å². The molecule has 0 bridgehead atoms. The minimum absolute atomic E-state index is 0.173. The third-order valence-corrected chi connectivity index (χ3v) is 4.14. The molecule has 1 saturated carbocycles. The lowest BCUT2D eigenvalue weighted by Gasteiger charge is -2.26.